The summed E-state index contributed by atoms with van der Waals surface area (Å²) in [5, 5.41) is 3.50. The zero-order valence-corrected chi connectivity index (χ0v) is 19.4. The first-order chi connectivity index (χ1) is 13.6. The van der Waals surface area contributed by atoms with E-state index < -0.39 is 11.6 Å². The maximum Gasteiger partial charge on any atom is 0.261 e. The molecule has 0 aliphatic heterocycles. The molecule has 2 amide bonds. The van der Waals surface area contributed by atoms with Gasteiger partial charge in [-0.15, -0.1) is 0 Å². The van der Waals surface area contributed by atoms with Crippen LogP contribution in [0.15, 0.2) is 53.0 Å². The number of carbonyl (C=O) groups excluding carboxylic acids is 2. The summed E-state index contributed by atoms with van der Waals surface area (Å²) in [5.74, 6) is 0.0101. The third kappa shape index (κ3) is 7.37. The van der Waals surface area contributed by atoms with Crippen LogP contribution in [-0.2, 0) is 16.1 Å². The summed E-state index contributed by atoms with van der Waals surface area (Å²) < 4.78 is 6.33. The number of ether oxygens (including phenoxy) is 1. The number of halogens is 2. The van der Waals surface area contributed by atoms with Gasteiger partial charge in [0.25, 0.3) is 5.91 Å². The molecule has 156 valence electrons. The Morgan fingerprint density at radius 2 is 1.83 bits per heavy atom. The van der Waals surface area contributed by atoms with Crippen molar-refractivity contribution in [3.63, 3.8) is 0 Å². The summed E-state index contributed by atoms with van der Waals surface area (Å²) in [7, 11) is 0. The molecule has 0 aliphatic rings. The highest BCUT2D eigenvalue weighted by Gasteiger charge is 2.28. The Bertz CT molecular complexity index is 853. The molecule has 0 heterocycles. The fourth-order valence-electron chi connectivity index (χ4n) is 2.65. The number of amides is 2. The number of hydrogen-bond donors (Lipinski definition) is 1. The molecule has 29 heavy (non-hydrogen) atoms. The van der Waals surface area contributed by atoms with Crippen molar-refractivity contribution in [2.75, 3.05) is 6.61 Å². The lowest BCUT2D eigenvalue weighted by molar-refractivity contribution is -0.142. The highest BCUT2D eigenvalue weighted by Crippen LogP contribution is 2.28. The van der Waals surface area contributed by atoms with Crippen LogP contribution in [0, 0.1) is 0 Å². The second-order valence-corrected chi connectivity index (χ2v) is 9.08. The fraction of sp³-hybridized carbons (Fsp3) is 0.364. The molecule has 1 atom stereocenters. The zero-order chi connectivity index (χ0) is 21.6. The summed E-state index contributed by atoms with van der Waals surface area (Å²) in [6.07, 6.45) is 0. The van der Waals surface area contributed by atoms with E-state index in [1.165, 1.54) is 4.90 Å². The Morgan fingerprint density at radius 3 is 2.41 bits per heavy atom. The SMILES string of the molecule is CC(C(=O)NC(C)(C)C)N(Cc1ccccc1)C(=O)COc1ccc(Cl)cc1Br. The summed E-state index contributed by atoms with van der Waals surface area (Å²) in [4.78, 5) is 27.2. The van der Waals surface area contributed by atoms with Crippen molar-refractivity contribution in [1.29, 1.82) is 0 Å². The summed E-state index contributed by atoms with van der Waals surface area (Å²) in [6, 6.07) is 14.0. The molecule has 2 aromatic carbocycles. The molecular weight excluding hydrogens is 456 g/mol. The molecule has 2 aromatic rings. The van der Waals surface area contributed by atoms with Gasteiger partial charge in [-0.05, 0) is 67.4 Å². The van der Waals surface area contributed by atoms with Gasteiger partial charge in [0.15, 0.2) is 6.61 Å². The van der Waals surface area contributed by atoms with Crippen molar-refractivity contribution in [3.05, 3.63) is 63.6 Å². The minimum Gasteiger partial charge on any atom is -0.483 e. The van der Waals surface area contributed by atoms with E-state index in [1.807, 2.05) is 51.1 Å². The molecule has 5 nitrogen and oxygen atoms in total. The van der Waals surface area contributed by atoms with Crippen LogP contribution in [-0.4, -0.2) is 34.9 Å². The average Bonchev–Trinajstić information content (AvgIpc) is 2.64. The number of carbonyl (C=O) groups is 2. The van der Waals surface area contributed by atoms with Crippen molar-refractivity contribution in [3.8, 4) is 5.75 Å². The molecule has 0 fully saturated rings. The molecule has 0 saturated carbocycles. The molecule has 1 N–H and O–H groups in total. The average molecular weight is 482 g/mol. The van der Waals surface area contributed by atoms with Gasteiger partial charge < -0.3 is 15.0 Å². The Morgan fingerprint density at radius 1 is 1.17 bits per heavy atom. The van der Waals surface area contributed by atoms with E-state index in [0.717, 1.165) is 5.56 Å². The molecular formula is C22H26BrClN2O3. The van der Waals surface area contributed by atoms with Gasteiger partial charge >= 0.3 is 0 Å². The van der Waals surface area contributed by atoms with Crippen LogP contribution in [0.5, 0.6) is 5.75 Å². The standard InChI is InChI=1S/C22H26BrClN2O3/c1-15(21(28)25-22(2,3)4)26(13-16-8-6-5-7-9-16)20(27)14-29-19-11-10-17(24)12-18(19)23/h5-12,15H,13-14H2,1-4H3,(H,25,28). The van der Waals surface area contributed by atoms with E-state index >= 15 is 0 Å². The lowest BCUT2D eigenvalue weighted by Gasteiger charge is -2.31. The number of benzene rings is 2. The lowest BCUT2D eigenvalue weighted by atomic mass is 10.1. The summed E-state index contributed by atoms with van der Waals surface area (Å²) in [6.45, 7) is 7.55. The predicted octanol–water partition coefficient (Wildman–Crippen LogP) is 4.81. The summed E-state index contributed by atoms with van der Waals surface area (Å²) >= 11 is 9.32. The quantitative estimate of drug-likeness (QED) is 0.617. The summed E-state index contributed by atoms with van der Waals surface area (Å²) in [5.41, 5.74) is 0.543. The van der Waals surface area contributed by atoms with Crippen LogP contribution in [0.25, 0.3) is 0 Å². The largest absolute Gasteiger partial charge is 0.483 e. The minimum absolute atomic E-state index is 0.194. The maximum atomic E-state index is 13.0. The molecule has 0 bridgehead atoms. The normalized spacial score (nSPS) is 12.2. The van der Waals surface area contributed by atoms with Crippen LogP contribution < -0.4 is 10.1 Å². The minimum atomic E-state index is -0.654. The number of rotatable bonds is 7. The van der Waals surface area contributed by atoms with Gasteiger partial charge in [0, 0.05) is 17.1 Å². The third-order valence-corrected chi connectivity index (χ3v) is 4.96. The van der Waals surface area contributed by atoms with Crippen molar-refractivity contribution < 1.29 is 14.3 Å². The van der Waals surface area contributed by atoms with Gasteiger partial charge in [0.1, 0.15) is 11.8 Å². The first-order valence-corrected chi connectivity index (χ1v) is 10.5. The van der Waals surface area contributed by atoms with E-state index in [4.69, 9.17) is 16.3 Å². The van der Waals surface area contributed by atoms with E-state index in [2.05, 4.69) is 21.2 Å². The van der Waals surface area contributed by atoms with E-state index in [9.17, 15) is 9.59 Å². The highest BCUT2D eigenvalue weighted by atomic mass is 79.9. The van der Waals surface area contributed by atoms with Gasteiger partial charge in [0.2, 0.25) is 5.91 Å². The molecule has 0 saturated heterocycles. The van der Waals surface area contributed by atoms with Crippen molar-refractivity contribution in [1.82, 2.24) is 10.2 Å². The molecule has 0 aliphatic carbocycles. The molecule has 7 heteroatoms. The number of nitrogens with one attached hydrogen (secondary N) is 1. The number of hydrogen-bond acceptors (Lipinski definition) is 3. The second kappa shape index (κ2) is 10.1. The Hall–Kier alpha value is -2.05. The van der Waals surface area contributed by atoms with Crippen molar-refractivity contribution >= 4 is 39.3 Å². The van der Waals surface area contributed by atoms with Crippen LogP contribution >= 0.6 is 27.5 Å². The first-order valence-electron chi connectivity index (χ1n) is 9.30. The molecule has 0 spiro atoms. The topological polar surface area (TPSA) is 58.6 Å². The van der Waals surface area contributed by atoms with Crippen molar-refractivity contribution in [2.45, 2.75) is 45.8 Å². The molecule has 0 aromatic heterocycles. The van der Waals surface area contributed by atoms with E-state index in [1.54, 1.807) is 25.1 Å². The Labute approximate surface area is 185 Å². The Balaban J connectivity index is 2.16. The van der Waals surface area contributed by atoms with E-state index in [0.29, 0.717) is 21.8 Å². The predicted molar refractivity (Wildman–Crippen MR) is 119 cm³/mol. The second-order valence-electron chi connectivity index (χ2n) is 7.79. The zero-order valence-electron chi connectivity index (χ0n) is 17.0. The molecule has 2 rings (SSSR count). The third-order valence-electron chi connectivity index (χ3n) is 4.11. The van der Waals surface area contributed by atoms with Crippen molar-refractivity contribution in [2.24, 2.45) is 0 Å². The van der Waals surface area contributed by atoms with Gasteiger partial charge in [-0.1, -0.05) is 41.9 Å². The first kappa shape index (κ1) is 23.2. The van der Waals surface area contributed by atoms with Crippen LogP contribution in [0.3, 0.4) is 0 Å². The van der Waals surface area contributed by atoms with Crippen LogP contribution in [0.4, 0.5) is 0 Å². The van der Waals surface area contributed by atoms with E-state index in [-0.39, 0.29) is 18.4 Å². The van der Waals surface area contributed by atoms with Gasteiger partial charge in [0.05, 0.1) is 4.47 Å². The smallest absolute Gasteiger partial charge is 0.261 e. The Kier molecular flexibility index (Phi) is 8.11. The fourth-order valence-corrected chi connectivity index (χ4v) is 3.45. The van der Waals surface area contributed by atoms with Gasteiger partial charge in [-0.2, -0.15) is 0 Å². The number of nitrogens with zero attached hydrogens (tertiary/aromatic N) is 1. The lowest BCUT2D eigenvalue weighted by Crippen LogP contribution is -2.53. The molecule has 1 unspecified atom stereocenters. The maximum absolute atomic E-state index is 13.0. The van der Waals surface area contributed by atoms with Crippen LogP contribution in [0.1, 0.15) is 33.3 Å². The highest BCUT2D eigenvalue weighted by molar-refractivity contribution is 9.10. The van der Waals surface area contributed by atoms with Gasteiger partial charge in [-0.3, -0.25) is 9.59 Å². The van der Waals surface area contributed by atoms with Gasteiger partial charge in [-0.25, -0.2) is 0 Å². The molecule has 0 radical (unpaired) electrons. The monoisotopic (exact) mass is 480 g/mol. The van der Waals surface area contributed by atoms with Crippen LogP contribution in [0.2, 0.25) is 5.02 Å².